The summed E-state index contributed by atoms with van der Waals surface area (Å²) in [4.78, 5) is 15.3. The van der Waals surface area contributed by atoms with Crippen LogP contribution in [0, 0.1) is 0 Å². The van der Waals surface area contributed by atoms with Gasteiger partial charge in [-0.05, 0) is 23.1 Å². The second kappa shape index (κ2) is 4.11. The van der Waals surface area contributed by atoms with Crippen molar-refractivity contribution in [3.05, 3.63) is 23.8 Å². The van der Waals surface area contributed by atoms with Crippen molar-refractivity contribution in [2.75, 3.05) is 5.32 Å². The lowest BCUT2D eigenvalue weighted by molar-refractivity contribution is -0.114. The van der Waals surface area contributed by atoms with Crippen molar-refractivity contribution in [3.8, 4) is 0 Å². The van der Waals surface area contributed by atoms with Crippen LogP contribution in [0.3, 0.4) is 0 Å². The Kier molecular flexibility index (Phi) is 2.91. The smallest absolute Gasteiger partial charge is 0.223 e. The number of nitrogens with one attached hydrogen (secondary N) is 1. The zero-order valence-electron chi connectivity index (χ0n) is 10.5. The highest BCUT2D eigenvalue weighted by molar-refractivity contribution is 7.22. The number of hydrogen-bond acceptors (Lipinski definition) is 3. The van der Waals surface area contributed by atoms with E-state index in [0.29, 0.717) is 5.13 Å². The molecule has 1 N–H and O–H groups in total. The SMILES string of the molecule is CC(=O)Nc1nc2ccc(C(C)(C)C)cc2s1. The predicted molar refractivity (Wildman–Crippen MR) is 72.6 cm³/mol. The second-order valence-electron chi connectivity index (χ2n) is 5.13. The summed E-state index contributed by atoms with van der Waals surface area (Å²) >= 11 is 1.51. The Morgan fingerprint density at radius 3 is 2.65 bits per heavy atom. The number of benzene rings is 1. The molecule has 2 aromatic rings. The first-order valence-electron chi connectivity index (χ1n) is 5.55. The first kappa shape index (κ1) is 12.0. The quantitative estimate of drug-likeness (QED) is 0.838. The molecule has 0 aliphatic rings. The molecule has 2 rings (SSSR count). The van der Waals surface area contributed by atoms with Crippen LogP contribution in [0.5, 0.6) is 0 Å². The van der Waals surface area contributed by atoms with Crippen LogP contribution in [0.15, 0.2) is 18.2 Å². The van der Waals surface area contributed by atoms with Crippen molar-refractivity contribution >= 4 is 32.6 Å². The Hall–Kier alpha value is -1.42. The summed E-state index contributed by atoms with van der Waals surface area (Å²) < 4.78 is 1.11. The van der Waals surface area contributed by atoms with Crippen LogP contribution in [-0.4, -0.2) is 10.9 Å². The lowest BCUT2D eigenvalue weighted by Crippen LogP contribution is -2.10. The Labute approximate surface area is 105 Å². The van der Waals surface area contributed by atoms with Crippen molar-refractivity contribution in [3.63, 3.8) is 0 Å². The molecule has 1 heterocycles. The second-order valence-corrected chi connectivity index (χ2v) is 6.16. The van der Waals surface area contributed by atoms with E-state index in [2.05, 4.69) is 43.2 Å². The van der Waals surface area contributed by atoms with Crippen LogP contribution in [-0.2, 0) is 10.2 Å². The van der Waals surface area contributed by atoms with Crippen molar-refractivity contribution in [2.45, 2.75) is 33.1 Å². The van der Waals surface area contributed by atoms with Gasteiger partial charge in [0.2, 0.25) is 5.91 Å². The molecule has 90 valence electrons. The molecule has 0 aliphatic heterocycles. The Bertz CT molecular complexity index is 566. The van der Waals surface area contributed by atoms with Gasteiger partial charge in [-0.3, -0.25) is 4.79 Å². The molecule has 0 unspecified atom stereocenters. The normalized spacial score (nSPS) is 11.8. The molecule has 4 heteroatoms. The third-order valence-corrected chi connectivity index (χ3v) is 3.47. The zero-order chi connectivity index (χ0) is 12.6. The number of anilines is 1. The summed E-state index contributed by atoms with van der Waals surface area (Å²) in [5.41, 5.74) is 2.35. The first-order valence-corrected chi connectivity index (χ1v) is 6.36. The molecule has 0 saturated carbocycles. The fourth-order valence-corrected chi connectivity index (χ4v) is 2.55. The van der Waals surface area contributed by atoms with Gasteiger partial charge in [0.25, 0.3) is 0 Å². The highest BCUT2D eigenvalue weighted by Gasteiger charge is 2.15. The number of rotatable bonds is 1. The average molecular weight is 248 g/mol. The molecule has 0 saturated heterocycles. The van der Waals surface area contributed by atoms with E-state index in [4.69, 9.17) is 0 Å². The summed E-state index contributed by atoms with van der Waals surface area (Å²) in [5.74, 6) is -0.0832. The molecule has 0 aliphatic carbocycles. The van der Waals surface area contributed by atoms with Crippen LogP contribution in [0.4, 0.5) is 5.13 Å². The van der Waals surface area contributed by atoms with Gasteiger partial charge >= 0.3 is 0 Å². The molecule has 0 atom stereocenters. The number of hydrogen-bond donors (Lipinski definition) is 1. The first-order chi connectivity index (χ1) is 7.86. The minimum Gasteiger partial charge on any atom is -0.302 e. The van der Waals surface area contributed by atoms with Gasteiger partial charge in [-0.1, -0.05) is 38.2 Å². The molecular formula is C13H16N2OS. The van der Waals surface area contributed by atoms with E-state index in [9.17, 15) is 4.79 Å². The van der Waals surface area contributed by atoms with Gasteiger partial charge in [-0.25, -0.2) is 4.98 Å². The number of aromatic nitrogens is 1. The van der Waals surface area contributed by atoms with Gasteiger partial charge < -0.3 is 5.32 Å². The minimum absolute atomic E-state index is 0.0832. The number of thiazole rings is 1. The maximum absolute atomic E-state index is 11.0. The molecule has 1 aromatic heterocycles. The lowest BCUT2D eigenvalue weighted by atomic mass is 9.87. The number of nitrogens with zero attached hydrogens (tertiary/aromatic N) is 1. The molecule has 0 fully saturated rings. The van der Waals surface area contributed by atoms with Crippen molar-refractivity contribution in [1.82, 2.24) is 4.98 Å². The van der Waals surface area contributed by atoms with Crippen LogP contribution >= 0.6 is 11.3 Å². The number of amides is 1. The molecule has 1 amide bonds. The topological polar surface area (TPSA) is 42.0 Å². The molecular weight excluding hydrogens is 232 g/mol. The van der Waals surface area contributed by atoms with E-state index in [-0.39, 0.29) is 11.3 Å². The molecule has 3 nitrogen and oxygen atoms in total. The van der Waals surface area contributed by atoms with Crippen molar-refractivity contribution < 1.29 is 4.79 Å². The number of fused-ring (bicyclic) bond motifs is 1. The summed E-state index contributed by atoms with van der Waals surface area (Å²) in [5, 5.41) is 3.39. The van der Waals surface area contributed by atoms with Gasteiger partial charge in [0, 0.05) is 6.92 Å². The summed E-state index contributed by atoms with van der Waals surface area (Å²) in [6, 6.07) is 6.26. The lowest BCUT2D eigenvalue weighted by Gasteiger charge is -2.18. The van der Waals surface area contributed by atoms with Crippen molar-refractivity contribution in [1.29, 1.82) is 0 Å². The van der Waals surface area contributed by atoms with Crippen LogP contribution in [0.1, 0.15) is 33.3 Å². The van der Waals surface area contributed by atoms with Crippen LogP contribution in [0.25, 0.3) is 10.2 Å². The highest BCUT2D eigenvalue weighted by Crippen LogP contribution is 2.31. The molecule has 1 aromatic carbocycles. The molecule has 0 bridgehead atoms. The third-order valence-electron chi connectivity index (χ3n) is 2.54. The van der Waals surface area contributed by atoms with E-state index in [1.54, 1.807) is 0 Å². The van der Waals surface area contributed by atoms with Gasteiger partial charge in [0.05, 0.1) is 10.2 Å². The van der Waals surface area contributed by atoms with E-state index in [1.807, 2.05) is 6.07 Å². The van der Waals surface area contributed by atoms with E-state index < -0.39 is 0 Å². The molecule has 0 radical (unpaired) electrons. The highest BCUT2D eigenvalue weighted by atomic mass is 32.1. The van der Waals surface area contributed by atoms with Crippen LogP contribution in [0.2, 0.25) is 0 Å². The maximum Gasteiger partial charge on any atom is 0.223 e. The zero-order valence-corrected chi connectivity index (χ0v) is 11.3. The molecule has 0 spiro atoms. The third kappa shape index (κ3) is 2.64. The minimum atomic E-state index is -0.0832. The Balaban J connectivity index is 2.44. The monoisotopic (exact) mass is 248 g/mol. The van der Waals surface area contributed by atoms with E-state index in [0.717, 1.165) is 10.2 Å². The van der Waals surface area contributed by atoms with E-state index >= 15 is 0 Å². The summed E-state index contributed by atoms with van der Waals surface area (Å²) in [7, 11) is 0. The van der Waals surface area contributed by atoms with Crippen LogP contribution < -0.4 is 5.32 Å². The number of carbonyl (C=O) groups excluding carboxylic acids is 1. The largest absolute Gasteiger partial charge is 0.302 e. The van der Waals surface area contributed by atoms with Gasteiger partial charge in [-0.2, -0.15) is 0 Å². The fourth-order valence-electron chi connectivity index (χ4n) is 1.60. The molecule has 17 heavy (non-hydrogen) atoms. The number of carbonyl (C=O) groups is 1. The predicted octanol–water partition coefficient (Wildman–Crippen LogP) is 3.55. The summed E-state index contributed by atoms with van der Waals surface area (Å²) in [6.45, 7) is 8.05. The van der Waals surface area contributed by atoms with Crippen molar-refractivity contribution in [2.24, 2.45) is 0 Å². The Morgan fingerprint density at radius 1 is 1.35 bits per heavy atom. The maximum atomic E-state index is 11.0. The fraction of sp³-hybridized carbons (Fsp3) is 0.385. The van der Waals surface area contributed by atoms with Gasteiger partial charge in [0.1, 0.15) is 0 Å². The standard InChI is InChI=1S/C13H16N2OS/c1-8(16)14-12-15-10-6-5-9(13(2,3)4)7-11(10)17-12/h5-7H,1-4H3,(H,14,15,16). The average Bonchev–Trinajstić information content (AvgIpc) is 2.55. The van der Waals surface area contributed by atoms with Gasteiger partial charge in [-0.15, -0.1) is 0 Å². The van der Waals surface area contributed by atoms with E-state index in [1.165, 1.54) is 23.8 Å². The summed E-state index contributed by atoms with van der Waals surface area (Å²) in [6.07, 6.45) is 0. The van der Waals surface area contributed by atoms with Gasteiger partial charge in [0.15, 0.2) is 5.13 Å². The Morgan fingerprint density at radius 2 is 2.06 bits per heavy atom.